The SMILES string of the molecule is COc1ccccc1C(=O)NC(C(=O)N(C)Cc1ccccc1F)C(C)C. The molecule has 0 saturated heterocycles. The standard InChI is InChI=1S/C21H25FN2O3/c1-14(2)19(23-20(25)16-10-6-8-12-18(16)27-4)21(26)24(3)13-15-9-5-7-11-17(15)22/h5-12,14,19H,13H2,1-4H3,(H,23,25). The fraction of sp³-hybridized carbons (Fsp3) is 0.333. The van der Waals surface area contributed by atoms with Gasteiger partial charge in [-0.2, -0.15) is 0 Å². The number of benzene rings is 2. The van der Waals surface area contributed by atoms with Gasteiger partial charge in [0.05, 0.1) is 12.7 Å². The van der Waals surface area contributed by atoms with E-state index in [1.807, 2.05) is 13.8 Å². The monoisotopic (exact) mass is 372 g/mol. The average Bonchev–Trinajstić information content (AvgIpc) is 2.66. The molecule has 2 aromatic carbocycles. The van der Waals surface area contributed by atoms with Gasteiger partial charge in [0.15, 0.2) is 0 Å². The first-order valence-corrected chi connectivity index (χ1v) is 8.77. The van der Waals surface area contributed by atoms with Gasteiger partial charge in [-0.15, -0.1) is 0 Å². The van der Waals surface area contributed by atoms with Gasteiger partial charge in [-0.3, -0.25) is 9.59 Å². The Kier molecular flexibility index (Phi) is 6.93. The first-order chi connectivity index (χ1) is 12.8. The molecule has 6 heteroatoms. The second-order valence-corrected chi connectivity index (χ2v) is 6.68. The topological polar surface area (TPSA) is 58.6 Å². The summed E-state index contributed by atoms with van der Waals surface area (Å²) in [6.07, 6.45) is 0. The highest BCUT2D eigenvalue weighted by molar-refractivity contribution is 5.99. The fourth-order valence-corrected chi connectivity index (χ4v) is 2.76. The molecule has 1 N–H and O–H groups in total. The van der Waals surface area contributed by atoms with Crippen molar-refractivity contribution in [3.05, 3.63) is 65.5 Å². The fourth-order valence-electron chi connectivity index (χ4n) is 2.76. The number of methoxy groups -OCH3 is 1. The van der Waals surface area contributed by atoms with Gasteiger partial charge in [-0.05, 0) is 24.1 Å². The molecule has 0 spiro atoms. The second-order valence-electron chi connectivity index (χ2n) is 6.68. The Balaban J connectivity index is 2.15. The van der Waals surface area contributed by atoms with E-state index in [4.69, 9.17) is 4.74 Å². The number of amides is 2. The van der Waals surface area contributed by atoms with Crippen LogP contribution >= 0.6 is 0 Å². The van der Waals surface area contributed by atoms with Crippen LogP contribution < -0.4 is 10.1 Å². The molecule has 2 amide bonds. The molecule has 0 aromatic heterocycles. The summed E-state index contributed by atoms with van der Waals surface area (Å²) in [6, 6.07) is 12.4. The van der Waals surface area contributed by atoms with Crippen LogP contribution in [0.15, 0.2) is 48.5 Å². The zero-order valence-electron chi connectivity index (χ0n) is 16.0. The van der Waals surface area contributed by atoms with E-state index in [1.54, 1.807) is 49.5 Å². The average molecular weight is 372 g/mol. The highest BCUT2D eigenvalue weighted by Gasteiger charge is 2.28. The molecule has 0 radical (unpaired) electrons. The van der Waals surface area contributed by atoms with Crippen LogP contribution in [0.1, 0.15) is 29.8 Å². The Hall–Kier alpha value is -2.89. The molecule has 0 bridgehead atoms. The second kappa shape index (κ2) is 9.16. The highest BCUT2D eigenvalue weighted by atomic mass is 19.1. The summed E-state index contributed by atoms with van der Waals surface area (Å²) >= 11 is 0. The smallest absolute Gasteiger partial charge is 0.255 e. The molecule has 0 heterocycles. The predicted molar refractivity (Wildman–Crippen MR) is 102 cm³/mol. The van der Waals surface area contributed by atoms with E-state index in [9.17, 15) is 14.0 Å². The van der Waals surface area contributed by atoms with E-state index in [0.717, 1.165) is 0 Å². The van der Waals surface area contributed by atoms with E-state index in [-0.39, 0.29) is 24.2 Å². The summed E-state index contributed by atoms with van der Waals surface area (Å²) in [5.41, 5.74) is 0.780. The lowest BCUT2D eigenvalue weighted by Crippen LogP contribution is -2.50. The molecule has 27 heavy (non-hydrogen) atoms. The van der Waals surface area contributed by atoms with Crippen molar-refractivity contribution in [1.29, 1.82) is 0 Å². The normalized spacial score (nSPS) is 11.8. The van der Waals surface area contributed by atoms with E-state index in [2.05, 4.69) is 5.32 Å². The van der Waals surface area contributed by atoms with Gasteiger partial charge in [-0.1, -0.05) is 44.2 Å². The van der Waals surface area contributed by atoms with E-state index >= 15 is 0 Å². The maximum absolute atomic E-state index is 13.9. The highest BCUT2D eigenvalue weighted by Crippen LogP contribution is 2.18. The number of para-hydroxylation sites is 1. The Bertz CT molecular complexity index is 808. The summed E-state index contributed by atoms with van der Waals surface area (Å²) in [6.45, 7) is 3.82. The van der Waals surface area contributed by atoms with Crippen LogP contribution in [0.25, 0.3) is 0 Å². The number of likely N-dealkylation sites (N-methyl/N-ethyl adjacent to an activating group) is 1. The Labute approximate surface area is 159 Å². The van der Waals surface area contributed by atoms with Crippen molar-refractivity contribution in [2.45, 2.75) is 26.4 Å². The largest absolute Gasteiger partial charge is 0.496 e. The van der Waals surface area contributed by atoms with Gasteiger partial charge >= 0.3 is 0 Å². The molecule has 0 saturated carbocycles. The molecule has 0 aliphatic heterocycles. The van der Waals surface area contributed by atoms with Crippen LogP contribution in [0.4, 0.5) is 4.39 Å². The summed E-state index contributed by atoms with van der Waals surface area (Å²) in [5, 5.41) is 2.78. The van der Waals surface area contributed by atoms with Gasteiger partial charge < -0.3 is 15.0 Å². The van der Waals surface area contributed by atoms with Gasteiger partial charge in [0.25, 0.3) is 5.91 Å². The number of rotatable bonds is 7. The minimum Gasteiger partial charge on any atom is -0.496 e. The lowest BCUT2D eigenvalue weighted by atomic mass is 10.0. The number of carbonyl (C=O) groups is 2. The number of hydrogen-bond donors (Lipinski definition) is 1. The zero-order chi connectivity index (χ0) is 20.0. The quantitative estimate of drug-likeness (QED) is 0.812. The number of ether oxygens (including phenoxy) is 1. The van der Waals surface area contributed by atoms with Crippen LogP contribution in [-0.4, -0.2) is 36.9 Å². The van der Waals surface area contributed by atoms with Crippen molar-refractivity contribution in [3.8, 4) is 5.75 Å². The zero-order valence-corrected chi connectivity index (χ0v) is 16.0. The molecule has 1 unspecified atom stereocenters. The van der Waals surface area contributed by atoms with Gasteiger partial charge in [0.2, 0.25) is 5.91 Å². The van der Waals surface area contributed by atoms with Crippen molar-refractivity contribution >= 4 is 11.8 Å². The van der Waals surface area contributed by atoms with Gasteiger partial charge in [0.1, 0.15) is 17.6 Å². The molecule has 1 atom stereocenters. The first-order valence-electron chi connectivity index (χ1n) is 8.77. The van der Waals surface area contributed by atoms with E-state index < -0.39 is 11.9 Å². The summed E-state index contributed by atoms with van der Waals surface area (Å²) in [7, 11) is 3.08. The Morgan fingerprint density at radius 2 is 1.74 bits per heavy atom. The number of nitrogens with one attached hydrogen (secondary N) is 1. The molecular formula is C21H25FN2O3. The lowest BCUT2D eigenvalue weighted by Gasteiger charge is -2.27. The van der Waals surface area contributed by atoms with Crippen LogP contribution in [-0.2, 0) is 11.3 Å². The third kappa shape index (κ3) is 5.06. The van der Waals surface area contributed by atoms with Gasteiger partial charge in [-0.25, -0.2) is 4.39 Å². The van der Waals surface area contributed by atoms with E-state index in [0.29, 0.717) is 16.9 Å². The summed E-state index contributed by atoms with van der Waals surface area (Å²) in [4.78, 5) is 27.0. The third-order valence-electron chi connectivity index (χ3n) is 4.31. The molecule has 0 aliphatic carbocycles. The molecule has 144 valence electrons. The van der Waals surface area contributed by atoms with Crippen molar-refractivity contribution in [2.24, 2.45) is 5.92 Å². The molecule has 0 aliphatic rings. The van der Waals surface area contributed by atoms with Crippen LogP contribution in [0.3, 0.4) is 0 Å². The minimum atomic E-state index is -0.737. The molecule has 5 nitrogen and oxygen atoms in total. The first kappa shape index (κ1) is 20.4. The maximum Gasteiger partial charge on any atom is 0.255 e. The van der Waals surface area contributed by atoms with Crippen molar-refractivity contribution in [1.82, 2.24) is 10.2 Å². The molecule has 0 fully saturated rings. The van der Waals surface area contributed by atoms with Crippen LogP contribution in [0.5, 0.6) is 5.75 Å². The Morgan fingerprint density at radius 1 is 1.11 bits per heavy atom. The molecule has 2 aromatic rings. The number of halogens is 1. The van der Waals surface area contributed by atoms with Crippen LogP contribution in [0, 0.1) is 11.7 Å². The van der Waals surface area contributed by atoms with Crippen molar-refractivity contribution in [2.75, 3.05) is 14.2 Å². The van der Waals surface area contributed by atoms with Crippen molar-refractivity contribution < 1.29 is 18.7 Å². The van der Waals surface area contributed by atoms with Crippen molar-refractivity contribution in [3.63, 3.8) is 0 Å². The summed E-state index contributed by atoms with van der Waals surface area (Å²) < 4.78 is 19.1. The summed E-state index contributed by atoms with van der Waals surface area (Å²) in [5.74, 6) is -0.740. The third-order valence-corrected chi connectivity index (χ3v) is 4.31. The minimum absolute atomic E-state index is 0.124. The lowest BCUT2D eigenvalue weighted by molar-refractivity contribution is -0.133. The number of carbonyl (C=O) groups excluding carboxylic acids is 2. The maximum atomic E-state index is 13.9. The number of hydrogen-bond acceptors (Lipinski definition) is 3. The van der Waals surface area contributed by atoms with Gasteiger partial charge in [0, 0.05) is 19.2 Å². The molecule has 2 rings (SSSR count). The van der Waals surface area contributed by atoms with E-state index in [1.165, 1.54) is 18.1 Å². The predicted octanol–water partition coefficient (Wildman–Crippen LogP) is 3.25. The van der Waals surface area contributed by atoms with Crippen LogP contribution in [0.2, 0.25) is 0 Å². The molecular weight excluding hydrogens is 347 g/mol. The Morgan fingerprint density at radius 3 is 2.37 bits per heavy atom. The number of nitrogens with zero attached hydrogens (tertiary/aromatic N) is 1.